The Hall–Kier alpha value is -2.21. The largest absolute Gasteiger partial charge is 0.293 e. The topological polar surface area (TPSA) is 56.1 Å². The van der Waals surface area contributed by atoms with Crippen molar-refractivity contribution in [1.82, 2.24) is 15.3 Å². The van der Waals surface area contributed by atoms with Gasteiger partial charge in [0.2, 0.25) is 0 Å². The van der Waals surface area contributed by atoms with Crippen molar-refractivity contribution in [2.24, 2.45) is 7.05 Å². The van der Waals surface area contributed by atoms with Gasteiger partial charge in [0, 0.05) is 12.6 Å². The first-order valence-corrected chi connectivity index (χ1v) is 5.84. The molecule has 0 fully saturated rings. The number of carbonyl (C=O) groups is 1. The molecule has 0 radical (unpaired) electrons. The molecule has 1 aromatic heterocycles. The van der Waals surface area contributed by atoms with E-state index in [0.717, 1.165) is 0 Å². The summed E-state index contributed by atoms with van der Waals surface area (Å²) >= 11 is 0. The van der Waals surface area contributed by atoms with E-state index in [1.165, 1.54) is 16.8 Å². The van der Waals surface area contributed by atoms with Gasteiger partial charge >= 0.3 is 0 Å². The van der Waals surface area contributed by atoms with Gasteiger partial charge in [-0.1, -0.05) is 12.1 Å². The zero-order valence-corrected chi connectivity index (χ0v) is 10.7. The number of amides is 1. The second-order valence-electron chi connectivity index (χ2n) is 3.88. The molecule has 0 unspecified atom stereocenters. The molecule has 5 nitrogen and oxygen atoms in total. The number of nitrogens with one attached hydrogen (secondary N) is 1. The fourth-order valence-corrected chi connectivity index (χ4v) is 1.67. The Labute approximate surface area is 110 Å². The molecular weight excluding hydrogens is 249 g/mol. The standard InChI is InChI=1S/C13H14FN3O2/c1-3-19-16-13(18)12-8-11(15-17(12)2)9-6-4-5-7-10(9)14/h4-8H,3H2,1-2H3,(H,16,18). The van der Waals surface area contributed by atoms with Crippen LogP contribution < -0.4 is 5.48 Å². The van der Waals surface area contributed by atoms with Gasteiger partial charge in [-0.25, -0.2) is 9.87 Å². The smallest absolute Gasteiger partial charge is 0.274 e. The zero-order valence-electron chi connectivity index (χ0n) is 10.7. The summed E-state index contributed by atoms with van der Waals surface area (Å²) in [6, 6.07) is 7.80. The van der Waals surface area contributed by atoms with Crippen molar-refractivity contribution < 1.29 is 14.0 Å². The molecule has 6 heteroatoms. The van der Waals surface area contributed by atoms with E-state index >= 15 is 0 Å². The van der Waals surface area contributed by atoms with E-state index in [4.69, 9.17) is 4.84 Å². The molecule has 0 saturated heterocycles. The second kappa shape index (κ2) is 5.62. The highest BCUT2D eigenvalue weighted by molar-refractivity contribution is 5.92. The Morgan fingerprint density at radius 1 is 1.47 bits per heavy atom. The highest BCUT2D eigenvalue weighted by Crippen LogP contribution is 2.21. The van der Waals surface area contributed by atoms with Crippen LogP contribution in [-0.4, -0.2) is 22.3 Å². The number of rotatable bonds is 4. The molecule has 0 aliphatic heterocycles. The summed E-state index contributed by atoms with van der Waals surface area (Å²) in [6.45, 7) is 2.12. The van der Waals surface area contributed by atoms with Crippen LogP contribution >= 0.6 is 0 Å². The molecule has 1 aromatic carbocycles. The predicted molar refractivity (Wildman–Crippen MR) is 67.7 cm³/mol. The van der Waals surface area contributed by atoms with Gasteiger partial charge in [-0.05, 0) is 25.1 Å². The molecule has 1 amide bonds. The van der Waals surface area contributed by atoms with Crippen LogP contribution in [-0.2, 0) is 11.9 Å². The molecule has 0 atom stereocenters. The summed E-state index contributed by atoms with van der Waals surface area (Å²) in [4.78, 5) is 16.6. The predicted octanol–water partition coefficient (Wildman–Crippen LogP) is 1.91. The number of benzene rings is 1. The molecule has 0 aliphatic carbocycles. The SMILES string of the molecule is CCONC(=O)c1cc(-c2ccccc2F)nn1C. The maximum atomic E-state index is 13.6. The van der Waals surface area contributed by atoms with Crippen molar-refractivity contribution in [1.29, 1.82) is 0 Å². The second-order valence-corrected chi connectivity index (χ2v) is 3.88. The molecule has 1 heterocycles. The van der Waals surface area contributed by atoms with Gasteiger partial charge in [-0.15, -0.1) is 0 Å². The molecular formula is C13H14FN3O2. The summed E-state index contributed by atoms with van der Waals surface area (Å²) in [6.07, 6.45) is 0. The molecule has 0 saturated carbocycles. The maximum Gasteiger partial charge on any atom is 0.293 e. The average Bonchev–Trinajstić information content (AvgIpc) is 2.78. The number of carbonyl (C=O) groups excluding carboxylic acids is 1. The first-order chi connectivity index (χ1) is 9.13. The lowest BCUT2D eigenvalue weighted by molar-refractivity contribution is 0.0356. The fourth-order valence-electron chi connectivity index (χ4n) is 1.67. The lowest BCUT2D eigenvalue weighted by Gasteiger charge is -2.02. The van der Waals surface area contributed by atoms with Crippen LogP contribution in [0.4, 0.5) is 4.39 Å². The van der Waals surface area contributed by atoms with Gasteiger partial charge in [0.15, 0.2) is 0 Å². The zero-order chi connectivity index (χ0) is 13.8. The Morgan fingerprint density at radius 3 is 2.89 bits per heavy atom. The van der Waals surface area contributed by atoms with Crippen LogP contribution in [0.2, 0.25) is 0 Å². The summed E-state index contributed by atoms with van der Waals surface area (Å²) in [7, 11) is 1.62. The number of hydrogen-bond donors (Lipinski definition) is 1. The summed E-state index contributed by atoms with van der Waals surface area (Å²) in [5.41, 5.74) is 3.33. The average molecular weight is 263 g/mol. The van der Waals surface area contributed by atoms with Crippen molar-refractivity contribution >= 4 is 5.91 Å². The van der Waals surface area contributed by atoms with E-state index in [9.17, 15) is 9.18 Å². The van der Waals surface area contributed by atoms with E-state index in [1.54, 1.807) is 32.2 Å². The minimum Gasteiger partial charge on any atom is -0.274 e. The quantitative estimate of drug-likeness (QED) is 0.857. The van der Waals surface area contributed by atoms with Crippen LogP contribution in [0.15, 0.2) is 30.3 Å². The normalized spacial score (nSPS) is 10.5. The summed E-state index contributed by atoms with van der Waals surface area (Å²) in [5.74, 6) is -0.795. The number of hydrogen-bond acceptors (Lipinski definition) is 3. The molecule has 19 heavy (non-hydrogen) atoms. The minimum absolute atomic E-state index is 0.298. The molecule has 0 aliphatic rings. The van der Waals surface area contributed by atoms with Crippen molar-refractivity contribution in [2.45, 2.75) is 6.92 Å². The Morgan fingerprint density at radius 2 is 2.21 bits per heavy atom. The van der Waals surface area contributed by atoms with Crippen LogP contribution in [0.3, 0.4) is 0 Å². The molecule has 100 valence electrons. The minimum atomic E-state index is -0.417. The molecule has 1 N–H and O–H groups in total. The molecule has 0 spiro atoms. The van der Waals surface area contributed by atoms with E-state index in [1.807, 2.05) is 0 Å². The first-order valence-electron chi connectivity index (χ1n) is 5.84. The van der Waals surface area contributed by atoms with E-state index in [0.29, 0.717) is 23.6 Å². The third kappa shape index (κ3) is 2.79. The van der Waals surface area contributed by atoms with Gasteiger partial charge in [0.1, 0.15) is 11.5 Å². The number of aryl methyl sites for hydroxylation is 1. The Bertz CT molecular complexity index is 595. The molecule has 0 bridgehead atoms. The fraction of sp³-hybridized carbons (Fsp3) is 0.231. The molecule has 2 rings (SSSR count). The number of aromatic nitrogens is 2. The number of hydroxylamine groups is 1. The van der Waals surface area contributed by atoms with Crippen molar-refractivity contribution in [2.75, 3.05) is 6.61 Å². The Balaban J connectivity index is 2.31. The van der Waals surface area contributed by atoms with E-state index in [2.05, 4.69) is 10.6 Å². The van der Waals surface area contributed by atoms with Crippen LogP contribution in [0.25, 0.3) is 11.3 Å². The number of nitrogens with zero attached hydrogens (tertiary/aromatic N) is 2. The highest BCUT2D eigenvalue weighted by Gasteiger charge is 2.15. The van der Waals surface area contributed by atoms with E-state index < -0.39 is 5.91 Å². The van der Waals surface area contributed by atoms with Gasteiger partial charge in [-0.2, -0.15) is 5.10 Å². The maximum absolute atomic E-state index is 13.6. The van der Waals surface area contributed by atoms with Crippen LogP contribution in [0.1, 0.15) is 17.4 Å². The van der Waals surface area contributed by atoms with Gasteiger partial charge < -0.3 is 0 Å². The highest BCUT2D eigenvalue weighted by atomic mass is 19.1. The Kier molecular flexibility index (Phi) is 3.91. The lowest BCUT2D eigenvalue weighted by Crippen LogP contribution is -2.25. The van der Waals surface area contributed by atoms with Crippen molar-refractivity contribution in [3.05, 3.63) is 41.8 Å². The summed E-state index contributed by atoms with van der Waals surface area (Å²) in [5, 5.41) is 4.13. The van der Waals surface area contributed by atoms with Crippen LogP contribution in [0.5, 0.6) is 0 Å². The first kappa shape index (κ1) is 13.2. The van der Waals surface area contributed by atoms with Gasteiger partial charge in [0.05, 0.1) is 12.3 Å². The van der Waals surface area contributed by atoms with E-state index in [-0.39, 0.29) is 5.82 Å². The summed E-state index contributed by atoms with van der Waals surface area (Å²) < 4.78 is 15.0. The molecule has 2 aromatic rings. The van der Waals surface area contributed by atoms with Crippen molar-refractivity contribution in [3.63, 3.8) is 0 Å². The third-order valence-corrected chi connectivity index (χ3v) is 2.57. The monoisotopic (exact) mass is 263 g/mol. The third-order valence-electron chi connectivity index (χ3n) is 2.57. The van der Waals surface area contributed by atoms with Crippen molar-refractivity contribution in [3.8, 4) is 11.3 Å². The van der Waals surface area contributed by atoms with Gasteiger partial charge in [0.25, 0.3) is 5.91 Å². The lowest BCUT2D eigenvalue weighted by atomic mass is 10.1. The van der Waals surface area contributed by atoms with Gasteiger partial charge in [-0.3, -0.25) is 14.3 Å². The number of halogens is 1. The van der Waals surface area contributed by atoms with Crippen LogP contribution in [0, 0.1) is 5.82 Å².